The number of nitrogens with one attached hydrogen (secondary N) is 1. The van der Waals surface area contributed by atoms with Crippen LogP contribution in [-0.4, -0.2) is 42.4 Å². The molecule has 0 saturated carbocycles. The first-order valence-electron chi connectivity index (χ1n) is 8.90. The van der Waals surface area contributed by atoms with Crippen LogP contribution in [0.25, 0.3) is 11.1 Å². The molecular formula is C19H20N2O6S. The van der Waals surface area contributed by atoms with E-state index in [1.165, 1.54) is 0 Å². The van der Waals surface area contributed by atoms with Crippen LogP contribution < -0.4 is 15.0 Å². The fraction of sp³-hybridized carbons (Fsp3) is 0.316. The van der Waals surface area contributed by atoms with Crippen LogP contribution in [0.4, 0.5) is 0 Å². The molecule has 4 rings (SSSR count). The van der Waals surface area contributed by atoms with E-state index in [2.05, 4.69) is 0 Å². The van der Waals surface area contributed by atoms with Gasteiger partial charge in [0.15, 0.2) is 11.5 Å². The molecule has 28 heavy (non-hydrogen) atoms. The van der Waals surface area contributed by atoms with Gasteiger partial charge in [-0.25, -0.2) is 13.9 Å². The molecule has 1 saturated heterocycles. The van der Waals surface area contributed by atoms with Crippen molar-refractivity contribution < 1.29 is 27.9 Å². The number of hydroxylamine groups is 1. The van der Waals surface area contributed by atoms with Crippen molar-refractivity contribution in [2.45, 2.75) is 25.4 Å². The van der Waals surface area contributed by atoms with Gasteiger partial charge in [0.25, 0.3) is 5.91 Å². The highest BCUT2D eigenvalue weighted by Crippen LogP contribution is 2.36. The largest absolute Gasteiger partial charge is 0.454 e. The second kappa shape index (κ2) is 7.42. The van der Waals surface area contributed by atoms with E-state index in [9.17, 15) is 13.2 Å². The third kappa shape index (κ3) is 3.56. The monoisotopic (exact) mass is 404 g/mol. The second-order valence-corrected chi connectivity index (χ2v) is 8.80. The maximum absolute atomic E-state index is 12.5. The average molecular weight is 404 g/mol. The van der Waals surface area contributed by atoms with E-state index < -0.39 is 22.0 Å². The quantitative estimate of drug-likeness (QED) is 0.596. The molecule has 2 heterocycles. The van der Waals surface area contributed by atoms with Crippen molar-refractivity contribution >= 4 is 15.9 Å². The van der Waals surface area contributed by atoms with Gasteiger partial charge >= 0.3 is 0 Å². The Kier molecular flexibility index (Phi) is 4.96. The van der Waals surface area contributed by atoms with Gasteiger partial charge < -0.3 is 9.47 Å². The lowest BCUT2D eigenvalue weighted by Crippen LogP contribution is -2.51. The third-order valence-corrected chi connectivity index (χ3v) is 6.90. The summed E-state index contributed by atoms with van der Waals surface area (Å²) >= 11 is 0. The maximum atomic E-state index is 12.5. The maximum Gasteiger partial charge on any atom is 0.261 e. The summed E-state index contributed by atoms with van der Waals surface area (Å²) in [6.07, 6.45) is 0.765. The Hall–Kier alpha value is -2.62. The highest BCUT2D eigenvalue weighted by atomic mass is 32.2. The first-order valence-corrected chi connectivity index (χ1v) is 10.5. The Morgan fingerprint density at radius 3 is 2.57 bits per heavy atom. The van der Waals surface area contributed by atoms with Gasteiger partial charge in [-0.3, -0.25) is 10.0 Å². The minimum absolute atomic E-state index is 0.00249. The van der Waals surface area contributed by atoms with Crippen molar-refractivity contribution in [3.05, 3.63) is 48.0 Å². The Labute approximate surface area is 162 Å². The predicted molar refractivity (Wildman–Crippen MR) is 100 cm³/mol. The predicted octanol–water partition coefficient (Wildman–Crippen LogP) is 1.88. The molecule has 148 valence electrons. The number of hydrogen-bond acceptors (Lipinski definition) is 6. The number of nitrogens with zero attached hydrogens (tertiary/aromatic N) is 1. The molecular weight excluding hydrogens is 384 g/mol. The molecule has 0 radical (unpaired) electrons. The van der Waals surface area contributed by atoms with Crippen molar-refractivity contribution in [1.82, 2.24) is 9.79 Å². The Morgan fingerprint density at radius 2 is 1.82 bits per heavy atom. The van der Waals surface area contributed by atoms with Crippen LogP contribution in [0.2, 0.25) is 0 Å². The van der Waals surface area contributed by atoms with Gasteiger partial charge in [0.2, 0.25) is 16.8 Å². The Balaban J connectivity index is 1.55. The number of amides is 1. The van der Waals surface area contributed by atoms with Crippen LogP contribution in [0.1, 0.15) is 18.4 Å². The van der Waals surface area contributed by atoms with Crippen molar-refractivity contribution in [2.24, 2.45) is 0 Å². The van der Waals surface area contributed by atoms with Gasteiger partial charge in [0, 0.05) is 6.54 Å². The second-order valence-electron chi connectivity index (χ2n) is 6.76. The highest BCUT2D eigenvalue weighted by molar-refractivity contribution is 7.89. The molecule has 2 aliphatic rings. The summed E-state index contributed by atoms with van der Waals surface area (Å²) in [6, 6.07) is 12.2. The molecule has 2 aromatic rings. The zero-order chi connectivity index (χ0) is 19.7. The zero-order valence-corrected chi connectivity index (χ0v) is 15.8. The lowest BCUT2D eigenvalue weighted by Gasteiger charge is -2.33. The van der Waals surface area contributed by atoms with Crippen molar-refractivity contribution in [3.8, 4) is 22.6 Å². The minimum atomic E-state index is -3.56. The number of ether oxygens (including phenoxy) is 2. The molecule has 1 fully saturated rings. The van der Waals surface area contributed by atoms with Crippen LogP contribution in [0, 0.1) is 0 Å². The fourth-order valence-electron chi connectivity index (χ4n) is 3.52. The highest BCUT2D eigenvalue weighted by Gasteiger charge is 2.38. The van der Waals surface area contributed by atoms with Gasteiger partial charge in [-0.2, -0.15) is 4.31 Å². The molecule has 0 unspecified atom stereocenters. The minimum Gasteiger partial charge on any atom is -0.454 e. The number of fused-ring (bicyclic) bond motifs is 1. The summed E-state index contributed by atoms with van der Waals surface area (Å²) < 4.78 is 36.8. The van der Waals surface area contributed by atoms with E-state index in [-0.39, 0.29) is 19.1 Å². The average Bonchev–Trinajstić information content (AvgIpc) is 3.17. The molecule has 2 aliphatic heterocycles. The normalized spacial score (nSPS) is 20.7. The SMILES string of the molecule is O=C(NO)[C@H]1CCCS(=O)(=O)N1Cc1ccc(-c2ccc3c(c2)OCO3)cc1. The number of sulfonamides is 1. The summed E-state index contributed by atoms with van der Waals surface area (Å²) in [4.78, 5) is 11.9. The van der Waals surface area contributed by atoms with Gasteiger partial charge in [-0.05, 0) is 41.7 Å². The molecule has 1 atom stereocenters. The standard InChI is InChI=1S/C19H20N2O6S/c22-19(20-23)16-2-1-9-28(24,25)21(16)11-13-3-5-14(6-4-13)15-7-8-17-18(10-15)27-12-26-17/h3-8,10,16,23H,1-2,9,11-12H2,(H,20,22)/t16-/m1/s1. The van der Waals surface area contributed by atoms with Crippen LogP contribution in [0.3, 0.4) is 0 Å². The summed E-state index contributed by atoms with van der Waals surface area (Å²) in [5.74, 6) is 0.695. The molecule has 8 nitrogen and oxygen atoms in total. The molecule has 0 aliphatic carbocycles. The topological polar surface area (TPSA) is 105 Å². The summed E-state index contributed by atoms with van der Waals surface area (Å²) in [7, 11) is -3.56. The van der Waals surface area contributed by atoms with Crippen LogP contribution >= 0.6 is 0 Å². The lowest BCUT2D eigenvalue weighted by molar-refractivity contribution is -0.133. The summed E-state index contributed by atoms with van der Waals surface area (Å²) in [5.41, 5.74) is 4.24. The summed E-state index contributed by atoms with van der Waals surface area (Å²) in [5, 5.41) is 8.93. The smallest absolute Gasteiger partial charge is 0.261 e. The van der Waals surface area contributed by atoms with E-state index in [4.69, 9.17) is 14.7 Å². The van der Waals surface area contributed by atoms with Crippen molar-refractivity contribution in [1.29, 1.82) is 0 Å². The van der Waals surface area contributed by atoms with Crippen LogP contribution in [0.15, 0.2) is 42.5 Å². The van der Waals surface area contributed by atoms with Crippen LogP contribution in [-0.2, 0) is 21.4 Å². The zero-order valence-electron chi connectivity index (χ0n) is 15.0. The fourth-order valence-corrected chi connectivity index (χ4v) is 5.22. The number of hydrogen-bond donors (Lipinski definition) is 2. The number of benzene rings is 2. The third-order valence-electron chi connectivity index (χ3n) is 5.00. The van der Waals surface area contributed by atoms with E-state index in [1.54, 1.807) is 5.48 Å². The summed E-state index contributed by atoms with van der Waals surface area (Å²) in [6.45, 7) is 0.284. The van der Waals surface area contributed by atoms with Gasteiger partial charge in [-0.15, -0.1) is 0 Å². The molecule has 2 aromatic carbocycles. The number of rotatable bonds is 4. The van der Waals surface area contributed by atoms with Gasteiger partial charge in [0.1, 0.15) is 6.04 Å². The number of carbonyl (C=O) groups excluding carboxylic acids is 1. The molecule has 9 heteroatoms. The molecule has 0 bridgehead atoms. The Bertz CT molecular complexity index is 990. The Morgan fingerprint density at radius 1 is 1.11 bits per heavy atom. The molecule has 0 spiro atoms. The van der Waals surface area contributed by atoms with Crippen molar-refractivity contribution in [3.63, 3.8) is 0 Å². The molecule has 2 N–H and O–H groups in total. The van der Waals surface area contributed by atoms with E-state index in [0.717, 1.165) is 21.0 Å². The van der Waals surface area contributed by atoms with Gasteiger partial charge in [-0.1, -0.05) is 30.3 Å². The number of carbonyl (C=O) groups is 1. The van der Waals surface area contributed by atoms with E-state index in [0.29, 0.717) is 24.3 Å². The van der Waals surface area contributed by atoms with Gasteiger partial charge in [0.05, 0.1) is 5.75 Å². The van der Waals surface area contributed by atoms with E-state index >= 15 is 0 Å². The van der Waals surface area contributed by atoms with Crippen molar-refractivity contribution in [2.75, 3.05) is 12.5 Å². The first-order chi connectivity index (χ1) is 13.5. The molecule has 1 amide bonds. The van der Waals surface area contributed by atoms with Crippen LogP contribution in [0.5, 0.6) is 11.5 Å². The lowest BCUT2D eigenvalue weighted by atomic mass is 10.0. The molecule has 0 aromatic heterocycles. The first kappa shape index (κ1) is 18.7. The van der Waals surface area contributed by atoms with E-state index in [1.807, 2.05) is 42.5 Å².